The van der Waals surface area contributed by atoms with Gasteiger partial charge in [-0.05, 0) is 25.6 Å². The van der Waals surface area contributed by atoms with E-state index < -0.39 is 0 Å². The number of hydrogen-bond acceptors (Lipinski definition) is 6. The summed E-state index contributed by atoms with van der Waals surface area (Å²) < 4.78 is 10.8. The van der Waals surface area contributed by atoms with E-state index in [4.69, 9.17) is 9.15 Å². The fourth-order valence-electron chi connectivity index (χ4n) is 1.70. The standard InChI is InChI=1S/C12H16N4O2/c1-4-9(13-2)12-16-15-11(18-12)8-6-5-7-14-10(8)17-3/h5-7,9,13H,4H2,1-3H3. The SMILES string of the molecule is CCC(NC)c1nnc(-c2cccnc2OC)o1. The Labute approximate surface area is 105 Å². The number of pyridine rings is 1. The van der Waals surface area contributed by atoms with E-state index in [1.165, 1.54) is 0 Å². The third-order valence-corrected chi connectivity index (χ3v) is 2.69. The maximum atomic E-state index is 5.65. The third-order valence-electron chi connectivity index (χ3n) is 2.69. The maximum Gasteiger partial charge on any atom is 0.253 e. The zero-order chi connectivity index (χ0) is 13.0. The van der Waals surface area contributed by atoms with E-state index in [1.54, 1.807) is 19.4 Å². The van der Waals surface area contributed by atoms with Crippen LogP contribution in [-0.4, -0.2) is 29.3 Å². The Morgan fingerprint density at radius 1 is 1.44 bits per heavy atom. The van der Waals surface area contributed by atoms with Gasteiger partial charge in [0.15, 0.2) is 0 Å². The van der Waals surface area contributed by atoms with Gasteiger partial charge in [0, 0.05) is 6.20 Å². The monoisotopic (exact) mass is 248 g/mol. The summed E-state index contributed by atoms with van der Waals surface area (Å²) in [5.74, 6) is 1.47. The lowest BCUT2D eigenvalue weighted by Gasteiger charge is -2.07. The van der Waals surface area contributed by atoms with Crippen molar-refractivity contribution >= 4 is 0 Å². The van der Waals surface area contributed by atoms with Crippen molar-refractivity contribution in [2.45, 2.75) is 19.4 Å². The summed E-state index contributed by atoms with van der Waals surface area (Å²) in [7, 11) is 3.42. The second-order valence-corrected chi connectivity index (χ2v) is 3.76. The molecule has 2 aromatic heterocycles. The van der Waals surface area contributed by atoms with E-state index in [-0.39, 0.29) is 6.04 Å². The van der Waals surface area contributed by atoms with Crippen molar-refractivity contribution < 1.29 is 9.15 Å². The van der Waals surface area contributed by atoms with Crippen molar-refractivity contribution in [3.05, 3.63) is 24.2 Å². The first-order valence-electron chi connectivity index (χ1n) is 5.80. The van der Waals surface area contributed by atoms with Crippen molar-refractivity contribution in [3.8, 4) is 17.3 Å². The summed E-state index contributed by atoms with van der Waals surface area (Å²) in [5, 5.41) is 11.2. The predicted octanol–water partition coefficient (Wildman–Crippen LogP) is 1.81. The first-order chi connectivity index (χ1) is 8.80. The first-order valence-corrected chi connectivity index (χ1v) is 5.80. The van der Waals surface area contributed by atoms with Crippen molar-refractivity contribution in [2.24, 2.45) is 0 Å². The molecule has 0 saturated carbocycles. The minimum absolute atomic E-state index is 0.0638. The topological polar surface area (TPSA) is 73.1 Å². The summed E-state index contributed by atoms with van der Waals surface area (Å²) in [6.45, 7) is 2.05. The van der Waals surface area contributed by atoms with Crippen LogP contribution in [0.1, 0.15) is 25.3 Å². The summed E-state index contributed by atoms with van der Waals surface area (Å²) in [5.41, 5.74) is 0.699. The number of nitrogens with zero attached hydrogens (tertiary/aromatic N) is 3. The summed E-state index contributed by atoms with van der Waals surface area (Å²) >= 11 is 0. The molecule has 2 heterocycles. The minimum Gasteiger partial charge on any atom is -0.480 e. The van der Waals surface area contributed by atoms with Crippen molar-refractivity contribution in [1.82, 2.24) is 20.5 Å². The van der Waals surface area contributed by atoms with Crippen LogP contribution in [0.15, 0.2) is 22.7 Å². The largest absolute Gasteiger partial charge is 0.480 e. The molecule has 0 saturated heterocycles. The van der Waals surface area contributed by atoms with Gasteiger partial charge in [0.2, 0.25) is 11.8 Å². The lowest BCUT2D eigenvalue weighted by molar-refractivity contribution is 0.392. The molecule has 6 nitrogen and oxygen atoms in total. The van der Waals surface area contributed by atoms with E-state index in [1.807, 2.05) is 13.1 Å². The molecule has 96 valence electrons. The Hall–Kier alpha value is -1.95. The number of nitrogens with one attached hydrogen (secondary N) is 1. The summed E-state index contributed by atoms with van der Waals surface area (Å²) in [4.78, 5) is 4.10. The quantitative estimate of drug-likeness (QED) is 0.870. The molecule has 0 aliphatic rings. The van der Waals surface area contributed by atoms with Gasteiger partial charge < -0.3 is 14.5 Å². The Kier molecular flexibility index (Phi) is 3.88. The average Bonchev–Trinajstić information content (AvgIpc) is 2.89. The number of hydrogen-bond donors (Lipinski definition) is 1. The van der Waals surface area contributed by atoms with E-state index in [0.717, 1.165) is 6.42 Å². The van der Waals surface area contributed by atoms with Gasteiger partial charge >= 0.3 is 0 Å². The second-order valence-electron chi connectivity index (χ2n) is 3.76. The Morgan fingerprint density at radius 2 is 2.28 bits per heavy atom. The second kappa shape index (κ2) is 5.59. The van der Waals surface area contributed by atoms with E-state index in [9.17, 15) is 0 Å². The Bertz CT molecular complexity index is 508. The van der Waals surface area contributed by atoms with Gasteiger partial charge in [-0.15, -0.1) is 10.2 Å². The third kappa shape index (κ3) is 2.33. The number of ether oxygens (including phenoxy) is 1. The molecule has 0 aromatic carbocycles. The van der Waals surface area contributed by atoms with Gasteiger partial charge in [-0.2, -0.15) is 0 Å². The van der Waals surface area contributed by atoms with Crippen LogP contribution in [0.25, 0.3) is 11.5 Å². The number of rotatable bonds is 5. The van der Waals surface area contributed by atoms with Crippen molar-refractivity contribution in [1.29, 1.82) is 0 Å². The van der Waals surface area contributed by atoms with Gasteiger partial charge in [-0.25, -0.2) is 4.98 Å². The van der Waals surface area contributed by atoms with Crippen molar-refractivity contribution in [3.63, 3.8) is 0 Å². The van der Waals surface area contributed by atoms with Crippen LogP contribution >= 0.6 is 0 Å². The lowest BCUT2D eigenvalue weighted by Crippen LogP contribution is -2.15. The highest BCUT2D eigenvalue weighted by Gasteiger charge is 2.18. The Balaban J connectivity index is 2.34. The van der Waals surface area contributed by atoms with Crippen molar-refractivity contribution in [2.75, 3.05) is 14.2 Å². The van der Waals surface area contributed by atoms with Gasteiger partial charge in [0.25, 0.3) is 5.89 Å². The highest BCUT2D eigenvalue weighted by atomic mass is 16.5. The molecule has 1 unspecified atom stereocenters. The molecule has 1 atom stereocenters. The molecular formula is C12H16N4O2. The zero-order valence-electron chi connectivity index (χ0n) is 10.7. The van der Waals surface area contributed by atoms with Gasteiger partial charge in [-0.3, -0.25) is 0 Å². The van der Waals surface area contributed by atoms with Crippen LogP contribution in [0.5, 0.6) is 5.88 Å². The molecule has 0 fully saturated rings. The zero-order valence-corrected chi connectivity index (χ0v) is 10.7. The predicted molar refractivity (Wildman–Crippen MR) is 66.2 cm³/mol. The molecule has 6 heteroatoms. The van der Waals surface area contributed by atoms with E-state index in [0.29, 0.717) is 23.2 Å². The van der Waals surface area contributed by atoms with E-state index >= 15 is 0 Å². The smallest absolute Gasteiger partial charge is 0.253 e. The highest BCUT2D eigenvalue weighted by molar-refractivity contribution is 5.59. The molecule has 18 heavy (non-hydrogen) atoms. The normalized spacial score (nSPS) is 12.4. The van der Waals surface area contributed by atoms with Crippen LogP contribution < -0.4 is 10.1 Å². The molecule has 0 spiro atoms. The Morgan fingerprint density at radius 3 is 2.94 bits per heavy atom. The first kappa shape index (κ1) is 12.5. The molecular weight excluding hydrogens is 232 g/mol. The molecule has 0 radical (unpaired) electrons. The van der Waals surface area contributed by atoms with Crippen LogP contribution in [0.3, 0.4) is 0 Å². The van der Waals surface area contributed by atoms with E-state index in [2.05, 4.69) is 27.4 Å². The minimum atomic E-state index is 0.0638. The lowest BCUT2D eigenvalue weighted by atomic mass is 10.2. The highest BCUT2D eigenvalue weighted by Crippen LogP contribution is 2.27. The molecule has 1 N–H and O–H groups in total. The molecule has 0 aliphatic carbocycles. The number of methoxy groups -OCH3 is 1. The van der Waals surface area contributed by atoms with Gasteiger partial charge in [-0.1, -0.05) is 6.92 Å². The number of aromatic nitrogens is 3. The van der Waals surface area contributed by atoms with Crippen LogP contribution in [-0.2, 0) is 0 Å². The molecule has 0 amide bonds. The molecule has 2 aromatic rings. The molecule has 0 aliphatic heterocycles. The van der Waals surface area contributed by atoms with Gasteiger partial charge in [0.05, 0.1) is 13.2 Å². The summed E-state index contributed by atoms with van der Waals surface area (Å²) in [6, 6.07) is 3.70. The van der Waals surface area contributed by atoms with Crippen LogP contribution in [0.4, 0.5) is 0 Å². The van der Waals surface area contributed by atoms with Gasteiger partial charge in [0.1, 0.15) is 5.56 Å². The van der Waals surface area contributed by atoms with Crippen LogP contribution in [0, 0.1) is 0 Å². The average molecular weight is 248 g/mol. The van der Waals surface area contributed by atoms with Crippen LogP contribution in [0.2, 0.25) is 0 Å². The molecule has 2 rings (SSSR count). The fourth-order valence-corrected chi connectivity index (χ4v) is 1.70. The summed E-state index contributed by atoms with van der Waals surface area (Å²) in [6.07, 6.45) is 2.53. The maximum absolute atomic E-state index is 5.65. The fraction of sp³-hybridized carbons (Fsp3) is 0.417. The molecule has 0 bridgehead atoms.